The number of nitro groups is 1. The van der Waals surface area contributed by atoms with Crippen LogP contribution in [0.1, 0.15) is 5.69 Å². The van der Waals surface area contributed by atoms with E-state index in [-0.39, 0.29) is 24.0 Å². The third kappa shape index (κ3) is 3.07. The fraction of sp³-hybridized carbons (Fsp3) is 0.111. The number of nitrogens with zero attached hydrogens (tertiary/aromatic N) is 5. The molecule has 0 atom stereocenters. The van der Waals surface area contributed by atoms with Crippen LogP contribution in [-0.2, 0) is 6.54 Å². The molecular formula is C9H10N8O2. The number of rotatable bonds is 5. The van der Waals surface area contributed by atoms with E-state index in [1.807, 2.05) is 0 Å². The molecule has 0 saturated heterocycles. The Kier molecular flexibility index (Phi) is 3.73. The van der Waals surface area contributed by atoms with Gasteiger partial charge in [-0.05, 0) is 6.07 Å². The predicted molar refractivity (Wildman–Crippen MR) is 65.9 cm³/mol. The second-order valence-corrected chi connectivity index (χ2v) is 3.38. The second-order valence-electron chi connectivity index (χ2n) is 3.38. The molecule has 0 aliphatic heterocycles. The molecule has 2 aromatic heterocycles. The van der Waals surface area contributed by atoms with Crippen LogP contribution in [0.15, 0.2) is 24.8 Å². The maximum Gasteiger partial charge on any atom is 0.329 e. The molecule has 0 amide bonds. The molecule has 4 N–H and O–H groups in total. The lowest BCUT2D eigenvalue weighted by molar-refractivity contribution is -0.384. The van der Waals surface area contributed by atoms with Gasteiger partial charge >= 0.3 is 5.69 Å². The molecule has 2 heterocycles. The molecule has 0 radical (unpaired) electrons. The Morgan fingerprint density at radius 2 is 2.26 bits per heavy atom. The minimum absolute atomic E-state index is 0.0616. The molecule has 0 spiro atoms. The largest absolute Gasteiger partial charge is 0.359 e. The van der Waals surface area contributed by atoms with Crippen LogP contribution >= 0.6 is 0 Å². The maximum absolute atomic E-state index is 10.8. The minimum atomic E-state index is -0.581. The molecule has 0 aromatic carbocycles. The number of nitrogens with one attached hydrogen (secondary N) is 2. The monoisotopic (exact) mass is 262 g/mol. The predicted octanol–water partition coefficient (Wildman–Crippen LogP) is 0.0725. The van der Waals surface area contributed by atoms with E-state index >= 15 is 0 Å². The number of anilines is 2. The van der Waals surface area contributed by atoms with E-state index in [4.69, 9.17) is 5.84 Å². The van der Waals surface area contributed by atoms with Crippen LogP contribution in [0.3, 0.4) is 0 Å². The molecule has 10 nitrogen and oxygen atoms in total. The molecule has 0 bridgehead atoms. The van der Waals surface area contributed by atoms with Gasteiger partial charge in [-0.3, -0.25) is 15.5 Å². The smallest absolute Gasteiger partial charge is 0.329 e. The molecule has 0 fully saturated rings. The summed E-state index contributed by atoms with van der Waals surface area (Å²) in [6, 6.07) is 1.68. The lowest BCUT2D eigenvalue weighted by Crippen LogP contribution is -2.13. The van der Waals surface area contributed by atoms with E-state index in [0.29, 0.717) is 5.69 Å². The standard InChI is InChI=1S/C9H10N8O2/c10-16-9-13-4-7(17(18)19)8(15-9)12-3-6-1-2-11-5-14-6/h1-2,4-5H,3,10H2,(H2,12,13,15,16). The number of hydrogen-bond donors (Lipinski definition) is 3. The van der Waals surface area contributed by atoms with Crippen molar-refractivity contribution in [1.82, 2.24) is 19.9 Å². The zero-order valence-electron chi connectivity index (χ0n) is 9.65. The van der Waals surface area contributed by atoms with Crippen molar-refractivity contribution in [1.29, 1.82) is 0 Å². The highest BCUT2D eigenvalue weighted by molar-refractivity contribution is 5.56. The summed E-state index contributed by atoms with van der Waals surface area (Å²) in [5.74, 6) is 5.30. The number of hydrazine groups is 1. The topological polar surface area (TPSA) is 145 Å². The average Bonchev–Trinajstić information content (AvgIpc) is 2.45. The molecule has 19 heavy (non-hydrogen) atoms. The Morgan fingerprint density at radius 1 is 1.42 bits per heavy atom. The third-order valence-corrected chi connectivity index (χ3v) is 2.18. The van der Waals surface area contributed by atoms with Crippen LogP contribution < -0.4 is 16.6 Å². The first kappa shape index (κ1) is 12.6. The van der Waals surface area contributed by atoms with Crippen molar-refractivity contribution in [2.45, 2.75) is 6.54 Å². The van der Waals surface area contributed by atoms with Crippen molar-refractivity contribution in [2.75, 3.05) is 10.7 Å². The van der Waals surface area contributed by atoms with Crippen LogP contribution in [0.2, 0.25) is 0 Å². The molecule has 2 aromatic rings. The summed E-state index contributed by atoms with van der Waals surface area (Å²) in [7, 11) is 0. The summed E-state index contributed by atoms with van der Waals surface area (Å²) in [4.78, 5) is 25.6. The van der Waals surface area contributed by atoms with Gasteiger partial charge in [0.15, 0.2) is 0 Å². The number of hydrogen-bond acceptors (Lipinski definition) is 9. The zero-order chi connectivity index (χ0) is 13.7. The van der Waals surface area contributed by atoms with Gasteiger partial charge < -0.3 is 5.32 Å². The SMILES string of the molecule is NNc1ncc([N+](=O)[O-])c(NCc2ccncn2)n1. The summed E-state index contributed by atoms with van der Waals surface area (Å²) in [6.45, 7) is 0.268. The van der Waals surface area contributed by atoms with Crippen LogP contribution in [0, 0.1) is 10.1 Å². The first-order valence-corrected chi connectivity index (χ1v) is 5.17. The van der Waals surface area contributed by atoms with Crippen LogP contribution in [0.4, 0.5) is 17.5 Å². The van der Waals surface area contributed by atoms with E-state index in [0.717, 1.165) is 6.20 Å². The van der Waals surface area contributed by atoms with Gasteiger partial charge in [-0.1, -0.05) is 0 Å². The van der Waals surface area contributed by atoms with E-state index in [1.54, 1.807) is 12.3 Å². The van der Waals surface area contributed by atoms with Gasteiger partial charge in [-0.25, -0.2) is 20.8 Å². The van der Waals surface area contributed by atoms with Crippen molar-refractivity contribution >= 4 is 17.5 Å². The lowest BCUT2D eigenvalue weighted by Gasteiger charge is -2.06. The molecule has 0 unspecified atom stereocenters. The zero-order valence-corrected chi connectivity index (χ0v) is 9.65. The molecule has 98 valence electrons. The summed E-state index contributed by atoms with van der Waals surface area (Å²) in [5, 5.41) is 13.6. The van der Waals surface area contributed by atoms with E-state index < -0.39 is 4.92 Å². The highest BCUT2D eigenvalue weighted by Crippen LogP contribution is 2.21. The highest BCUT2D eigenvalue weighted by Gasteiger charge is 2.16. The molecule has 0 saturated carbocycles. The average molecular weight is 262 g/mol. The highest BCUT2D eigenvalue weighted by atomic mass is 16.6. The van der Waals surface area contributed by atoms with Crippen molar-refractivity contribution in [2.24, 2.45) is 5.84 Å². The maximum atomic E-state index is 10.8. The Bertz CT molecular complexity index is 576. The number of nitrogen functional groups attached to an aromatic ring is 1. The Hall–Kier alpha value is -2.88. The van der Waals surface area contributed by atoms with Crippen molar-refractivity contribution in [3.8, 4) is 0 Å². The summed E-state index contributed by atoms with van der Waals surface area (Å²) in [6.07, 6.45) is 4.04. The molecule has 0 aliphatic rings. The van der Waals surface area contributed by atoms with Crippen molar-refractivity contribution in [3.63, 3.8) is 0 Å². The summed E-state index contributed by atoms with van der Waals surface area (Å²) < 4.78 is 0. The van der Waals surface area contributed by atoms with Gasteiger partial charge in [-0.2, -0.15) is 4.98 Å². The fourth-order valence-corrected chi connectivity index (χ4v) is 1.31. The van der Waals surface area contributed by atoms with Gasteiger partial charge in [0.1, 0.15) is 12.5 Å². The molecular weight excluding hydrogens is 252 g/mol. The van der Waals surface area contributed by atoms with E-state index in [2.05, 4.69) is 30.7 Å². The number of aromatic nitrogens is 4. The van der Waals surface area contributed by atoms with Gasteiger partial charge in [-0.15, -0.1) is 0 Å². The van der Waals surface area contributed by atoms with E-state index in [1.165, 1.54) is 6.33 Å². The Labute approximate surface area is 107 Å². The van der Waals surface area contributed by atoms with Crippen molar-refractivity contribution < 1.29 is 4.92 Å². The first-order valence-electron chi connectivity index (χ1n) is 5.17. The Morgan fingerprint density at radius 3 is 2.89 bits per heavy atom. The van der Waals surface area contributed by atoms with Gasteiger partial charge in [0, 0.05) is 6.20 Å². The third-order valence-electron chi connectivity index (χ3n) is 2.18. The second kappa shape index (κ2) is 5.64. The van der Waals surface area contributed by atoms with Gasteiger partial charge in [0.2, 0.25) is 11.8 Å². The summed E-state index contributed by atoms with van der Waals surface area (Å²) in [5.41, 5.74) is 2.65. The number of nitrogens with two attached hydrogens (primary N) is 1. The summed E-state index contributed by atoms with van der Waals surface area (Å²) >= 11 is 0. The van der Waals surface area contributed by atoms with Crippen LogP contribution in [0.5, 0.6) is 0 Å². The quantitative estimate of drug-likeness (QED) is 0.387. The van der Waals surface area contributed by atoms with Gasteiger partial charge in [0.25, 0.3) is 0 Å². The Balaban J connectivity index is 2.20. The fourth-order valence-electron chi connectivity index (χ4n) is 1.31. The molecule has 2 rings (SSSR count). The van der Waals surface area contributed by atoms with Crippen molar-refractivity contribution in [3.05, 3.63) is 40.6 Å². The van der Waals surface area contributed by atoms with Crippen LogP contribution in [0.25, 0.3) is 0 Å². The lowest BCUT2D eigenvalue weighted by atomic mass is 10.4. The first-order chi connectivity index (χ1) is 9.20. The van der Waals surface area contributed by atoms with E-state index in [9.17, 15) is 10.1 Å². The molecule has 10 heteroatoms. The minimum Gasteiger partial charge on any atom is -0.359 e. The van der Waals surface area contributed by atoms with Crippen LogP contribution in [-0.4, -0.2) is 24.9 Å². The molecule has 0 aliphatic carbocycles. The normalized spacial score (nSPS) is 9.95. The van der Waals surface area contributed by atoms with Gasteiger partial charge in [0.05, 0.1) is 17.2 Å².